The monoisotopic (exact) mass is 368 g/mol. The standard InChI is InChI=1S/C25H17FO2/c26-22-14-6-13-21-23(22)24(27)19-11-3-4-12-20(19)25(21,28)15-17-9-5-8-16-7-1-2-10-18(16)17/h1-14,28H,15H2. The van der Waals surface area contributed by atoms with Gasteiger partial charge in [-0.25, -0.2) is 4.39 Å². The van der Waals surface area contributed by atoms with E-state index < -0.39 is 11.4 Å². The van der Waals surface area contributed by atoms with Gasteiger partial charge in [0.25, 0.3) is 0 Å². The highest BCUT2D eigenvalue weighted by atomic mass is 19.1. The Kier molecular flexibility index (Phi) is 3.68. The van der Waals surface area contributed by atoms with Crippen LogP contribution in [0.5, 0.6) is 0 Å². The van der Waals surface area contributed by atoms with Gasteiger partial charge >= 0.3 is 0 Å². The second kappa shape index (κ2) is 6.11. The molecule has 0 amide bonds. The number of hydrogen-bond donors (Lipinski definition) is 1. The number of fused-ring (bicyclic) bond motifs is 3. The number of halogens is 1. The molecule has 0 heterocycles. The highest BCUT2D eigenvalue weighted by Gasteiger charge is 2.43. The molecular weight excluding hydrogens is 351 g/mol. The zero-order valence-electron chi connectivity index (χ0n) is 15.0. The maximum Gasteiger partial charge on any atom is 0.196 e. The third-order valence-corrected chi connectivity index (χ3v) is 5.63. The molecule has 5 rings (SSSR count). The average Bonchev–Trinajstić information content (AvgIpc) is 2.72. The van der Waals surface area contributed by atoms with Gasteiger partial charge in [-0.2, -0.15) is 0 Å². The van der Waals surface area contributed by atoms with Crippen molar-refractivity contribution in [2.75, 3.05) is 0 Å². The van der Waals surface area contributed by atoms with Crippen LogP contribution < -0.4 is 0 Å². The number of ketones is 1. The second-order valence-electron chi connectivity index (χ2n) is 7.21. The normalized spacial score (nSPS) is 18.0. The first-order valence-corrected chi connectivity index (χ1v) is 9.22. The highest BCUT2D eigenvalue weighted by molar-refractivity contribution is 6.13. The largest absolute Gasteiger partial charge is 0.380 e. The van der Waals surface area contributed by atoms with Gasteiger partial charge in [0, 0.05) is 17.5 Å². The number of benzene rings is 4. The van der Waals surface area contributed by atoms with Crippen LogP contribution in [-0.4, -0.2) is 10.9 Å². The molecule has 1 aliphatic carbocycles. The molecule has 136 valence electrons. The predicted octanol–water partition coefficient (Wildman–Crippen LogP) is 5.00. The van der Waals surface area contributed by atoms with Gasteiger partial charge in [-0.15, -0.1) is 0 Å². The van der Waals surface area contributed by atoms with E-state index in [1.165, 1.54) is 6.07 Å². The Labute approximate surface area is 161 Å². The summed E-state index contributed by atoms with van der Waals surface area (Å²) in [5, 5.41) is 14.0. The highest BCUT2D eigenvalue weighted by Crippen LogP contribution is 2.43. The van der Waals surface area contributed by atoms with Crippen molar-refractivity contribution in [3.05, 3.63) is 119 Å². The summed E-state index contributed by atoms with van der Waals surface area (Å²) in [7, 11) is 0. The van der Waals surface area contributed by atoms with Crippen LogP contribution in [0.25, 0.3) is 10.8 Å². The number of rotatable bonds is 2. The minimum atomic E-state index is -1.49. The van der Waals surface area contributed by atoms with E-state index in [0.29, 0.717) is 16.7 Å². The fraction of sp³-hybridized carbons (Fsp3) is 0.0800. The molecule has 1 aliphatic rings. The summed E-state index contributed by atoms with van der Waals surface area (Å²) in [4.78, 5) is 12.9. The maximum atomic E-state index is 14.6. The summed E-state index contributed by atoms with van der Waals surface area (Å²) in [5.41, 5.74) is 0.605. The van der Waals surface area contributed by atoms with Crippen LogP contribution in [0.15, 0.2) is 84.9 Å². The van der Waals surface area contributed by atoms with Crippen LogP contribution >= 0.6 is 0 Å². The molecule has 1 atom stereocenters. The molecule has 0 saturated carbocycles. The quantitative estimate of drug-likeness (QED) is 0.540. The number of aliphatic hydroxyl groups is 1. The Morgan fingerprint density at radius 3 is 2.36 bits per heavy atom. The molecule has 0 aromatic heterocycles. The molecule has 0 fully saturated rings. The van der Waals surface area contributed by atoms with Crippen molar-refractivity contribution < 1.29 is 14.3 Å². The number of hydrogen-bond acceptors (Lipinski definition) is 2. The molecule has 0 spiro atoms. The molecule has 0 bridgehead atoms. The van der Waals surface area contributed by atoms with Crippen LogP contribution in [0, 0.1) is 5.82 Å². The van der Waals surface area contributed by atoms with Gasteiger partial charge in [0.15, 0.2) is 5.78 Å². The number of carbonyl (C=O) groups is 1. The third kappa shape index (κ3) is 2.33. The van der Waals surface area contributed by atoms with Crippen molar-refractivity contribution in [3.63, 3.8) is 0 Å². The topological polar surface area (TPSA) is 37.3 Å². The van der Waals surface area contributed by atoms with Crippen molar-refractivity contribution in [2.45, 2.75) is 12.0 Å². The van der Waals surface area contributed by atoms with Crippen molar-refractivity contribution in [3.8, 4) is 0 Å². The van der Waals surface area contributed by atoms with Crippen LogP contribution in [-0.2, 0) is 12.0 Å². The van der Waals surface area contributed by atoms with E-state index in [-0.39, 0.29) is 17.8 Å². The van der Waals surface area contributed by atoms with Gasteiger partial charge in [-0.1, -0.05) is 78.9 Å². The molecule has 4 aromatic carbocycles. The molecule has 3 heteroatoms. The summed E-state index contributed by atoms with van der Waals surface area (Å²) < 4.78 is 14.6. The van der Waals surface area contributed by atoms with Gasteiger partial charge in [-0.3, -0.25) is 4.79 Å². The van der Waals surface area contributed by atoms with E-state index in [1.54, 1.807) is 36.4 Å². The Hall–Kier alpha value is -3.30. The van der Waals surface area contributed by atoms with Gasteiger partial charge in [0.2, 0.25) is 0 Å². The Morgan fingerprint density at radius 1 is 0.786 bits per heavy atom. The lowest BCUT2D eigenvalue weighted by molar-refractivity contribution is 0.0717. The lowest BCUT2D eigenvalue weighted by atomic mass is 9.71. The van der Waals surface area contributed by atoms with Crippen molar-refractivity contribution in [1.29, 1.82) is 0 Å². The summed E-state index contributed by atoms with van der Waals surface area (Å²) >= 11 is 0. The summed E-state index contributed by atoms with van der Waals surface area (Å²) in [6.07, 6.45) is 0.245. The molecule has 0 aliphatic heterocycles. The Bertz CT molecular complexity index is 1240. The first kappa shape index (κ1) is 16.8. The second-order valence-corrected chi connectivity index (χ2v) is 7.21. The zero-order chi connectivity index (χ0) is 19.3. The number of carbonyl (C=O) groups excluding carboxylic acids is 1. The van der Waals surface area contributed by atoms with E-state index in [2.05, 4.69) is 0 Å². The van der Waals surface area contributed by atoms with Gasteiger partial charge in [0.05, 0.1) is 5.56 Å². The summed E-state index contributed by atoms with van der Waals surface area (Å²) in [5.74, 6) is -0.986. The van der Waals surface area contributed by atoms with Gasteiger partial charge in [0.1, 0.15) is 11.4 Å². The average molecular weight is 368 g/mol. The van der Waals surface area contributed by atoms with Crippen LogP contribution in [0.2, 0.25) is 0 Å². The molecular formula is C25H17FO2. The van der Waals surface area contributed by atoms with E-state index in [1.807, 2.05) is 42.5 Å². The maximum absolute atomic E-state index is 14.6. The Balaban J connectivity index is 1.78. The van der Waals surface area contributed by atoms with Gasteiger partial charge < -0.3 is 5.11 Å². The first-order chi connectivity index (χ1) is 13.6. The minimum absolute atomic E-state index is 0.0380. The van der Waals surface area contributed by atoms with Crippen molar-refractivity contribution in [1.82, 2.24) is 0 Å². The molecule has 0 saturated heterocycles. The summed E-state index contributed by atoms with van der Waals surface area (Å²) in [6, 6.07) is 25.3. The van der Waals surface area contributed by atoms with E-state index in [9.17, 15) is 14.3 Å². The molecule has 1 N–H and O–H groups in total. The Morgan fingerprint density at radius 2 is 1.46 bits per heavy atom. The van der Waals surface area contributed by atoms with E-state index in [4.69, 9.17) is 0 Å². The molecule has 4 aromatic rings. The SMILES string of the molecule is O=C1c2ccccc2C(O)(Cc2cccc3ccccc23)c2cccc(F)c21. The lowest BCUT2D eigenvalue weighted by Gasteiger charge is -2.36. The third-order valence-electron chi connectivity index (χ3n) is 5.63. The van der Waals surface area contributed by atoms with Crippen LogP contribution in [0.3, 0.4) is 0 Å². The van der Waals surface area contributed by atoms with E-state index in [0.717, 1.165) is 16.3 Å². The smallest absolute Gasteiger partial charge is 0.196 e. The van der Waals surface area contributed by atoms with E-state index >= 15 is 0 Å². The summed E-state index contributed by atoms with van der Waals surface area (Å²) in [6.45, 7) is 0. The van der Waals surface area contributed by atoms with Crippen molar-refractivity contribution >= 4 is 16.6 Å². The fourth-order valence-corrected chi connectivity index (χ4v) is 4.33. The van der Waals surface area contributed by atoms with Crippen LogP contribution in [0.1, 0.15) is 32.6 Å². The van der Waals surface area contributed by atoms with Gasteiger partial charge in [-0.05, 0) is 28.0 Å². The molecule has 28 heavy (non-hydrogen) atoms. The molecule has 2 nitrogen and oxygen atoms in total. The van der Waals surface area contributed by atoms with Crippen LogP contribution in [0.4, 0.5) is 4.39 Å². The lowest BCUT2D eigenvalue weighted by Crippen LogP contribution is -2.38. The molecule has 1 unspecified atom stereocenters. The first-order valence-electron chi connectivity index (χ1n) is 9.22. The minimum Gasteiger partial charge on any atom is -0.380 e. The molecule has 0 radical (unpaired) electrons. The predicted molar refractivity (Wildman–Crippen MR) is 107 cm³/mol. The fourth-order valence-electron chi connectivity index (χ4n) is 4.33. The zero-order valence-corrected chi connectivity index (χ0v) is 15.0. The van der Waals surface area contributed by atoms with Crippen molar-refractivity contribution in [2.24, 2.45) is 0 Å².